The number of aliphatic hydroxyl groups is 1. The van der Waals surface area contributed by atoms with Crippen molar-refractivity contribution in [2.75, 3.05) is 52.6 Å². The predicted molar refractivity (Wildman–Crippen MR) is 305 cm³/mol. The number of fused-ring (bicyclic) bond motifs is 20. The Bertz CT molecular complexity index is 4950. The van der Waals surface area contributed by atoms with Crippen LogP contribution < -0.4 is 4.72 Å². The Morgan fingerprint density at radius 2 is 0.679 bits per heavy atom. The van der Waals surface area contributed by atoms with Crippen molar-refractivity contribution in [2.45, 2.75) is 58.3 Å². The molecule has 8 bridgehead atoms. The Morgan fingerprint density at radius 3 is 1.01 bits per heavy atom. The minimum Gasteiger partial charge on any atom is -0.392 e. The number of benzene rings is 4. The quantitative estimate of drug-likeness (QED) is 0.0452. The highest BCUT2D eigenvalue weighted by molar-refractivity contribution is 7.92. The molecule has 7 aromatic rings. The molecule has 1 atom stereocenters. The summed E-state index contributed by atoms with van der Waals surface area (Å²) in [5.41, 5.74) is -0.149. The van der Waals surface area contributed by atoms with E-state index in [2.05, 4.69) is 19.7 Å². The summed E-state index contributed by atoms with van der Waals surface area (Å²) in [6.07, 6.45) is -2.86. The Labute approximate surface area is 480 Å². The SMILES string of the molecule is CC(O)CNS(=O)(=O)CCCS(=O)(=O)c1ccc2c(c1)-c1nc-2nc2[nH]c(nc3nc(nc4[nH]c(n1)c1ccc(S(=O)(=O)CCCS(=O)(=O)O)cc41)-c1ccc(S(=O)(=O)CCCS(=O)(=O)O)cc1-3)c1ccc(S(=O)(=O)CCCS(=O)(=O)O)cc21. The van der Waals surface area contributed by atoms with Crippen molar-refractivity contribution in [1.29, 1.82) is 0 Å². The zero-order chi connectivity index (χ0) is 61.2. The van der Waals surface area contributed by atoms with Crippen molar-refractivity contribution in [2.24, 2.45) is 0 Å². The molecule has 0 saturated carbocycles. The molecule has 2 aliphatic heterocycles. The Balaban J connectivity index is 1.32. The van der Waals surface area contributed by atoms with Crippen molar-refractivity contribution in [3.63, 3.8) is 0 Å². The fraction of sp³-hybridized carbons (Fsp3) is 0.319. The van der Waals surface area contributed by atoms with E-state index in [0.29, 0.717) is 0 Å². The van der Waals surface area contributed by atoms with Crippen LogP contribution in [0.15, 0.2) is 92.4 Å². The van der Waals surface area contributed by atoms with E-state index in [1.807, 2.05) is 0 Å². The van der Waals surface area contributed by atoms with Crippen LogP contribution in [0.4, 0.5) is 0 Å². The first-order valence-electron chi connectivity index (χ1n) is 24.8. The largest absolute Gasteiger partial charge is 0.392 e. The molecule has 450 valence electrons. The van der Waals surface area contributed by atoms with E-state index in [1.54, 1.807) is 0 Å². The molecule has 0 fully saturated rings. The molecular formula is C47H49N9O20S8. The minimum atomic E-state index is -4.54. The van der Waals surface area contributed by atoms with Crippen LogP contribution in [0.1, 0.15) is 32.6 Å². The third-order valence-electron chi connectivity index (χ3n) is 13.0. The van der Waals surface area contributed by atoms with E-state index < -0.39 is 151 Å². The summed E-state index contributed by atoms with van der Waals surface area (Å²) in [6, 6.07) is 14.9. The van der Waals surface area contributed by atoms with E-state index in [4.69, 9.17) is 24.9 Å². The minimum absolute atomic E-state index is 0.0179. The molecule has 0 saturated heterocycles. The molecular weight excluding hydrogens is 1270 g/mol. The monoisotopic (exact) mass is 1320 g/mol. The van der Waals surface area contributed by atoms with Crippen LogP contribution in [0, 0.1) is 0 Å². The lowest BCUT2D eigenvalue weighted by atomic mass is 10.1. The second-order valence-electron chi connectivity index (χ2n) is 19.5. The van der Waals surface area contributed by atoms with Gasteiger partial charge in [0.2, 0.25) is 10.0 Å². The molecule has 9 rings (SSSR count). The molecule has 0 radical (unpaired) electrons. The highest BCUT2D eigenvalue weighted by atomic mass is 32.2. The van der Waals surface area contributed by atoms with Gasteiger partial charge in [0, 0.05) is 50.3 Å². The first kappa shape index (κ1) is 62.2. The van der Waals surface area contributed by atoms with E-state index in [9.17, 15) is 86.1 Å². The van der Waals surface area contributed by atoms with Gasteiger partial charge in [-0.05, 0) is 105 Å². The number of sulfonamides is 1. The van der Waals surface area contributed by atoms with E-state index in [-0.39, 0.29) is 122 Å². The molecule has 7 N–H and O–H groups in total. The molecule has 3 aromatic heterocycles. The second kappa shape index (κ2) is 22.8. The molecule has 5 heterocycles. The molecule has 2 aliphatic rings. The third kappa shape index (κ3) is 14.3. The standard InChI is InChI=1S/C47H49N9O20S8/c1-27(57)26-48-81(66,67)18-2-14-77(58,59)28-6-10-32-36(22-28)44-49-40(32)51-45-38-24-30(79(62,63)16-4-20-83(71,72)73)8-12-34(38)42(53-45)55-47-39-25-31(80(64,65)17-5-21-84(74,75)76)9-13-35(39)43(56-47)54-46-37-23-29(7-11-33(37)41(50-44)52-46)78(60,61)15-3-19-82(68,69)70/h6-13,22-25,27,48,57H,2-5,14-21,26H2,1H3,(H,68,69,70)(H,71,72,73)(H,74,75,76)(H2,49,50,51,52,53,54,55,56). The fourth-order valence-corrected chi connectivity index (χ4v) is 17.8. The second-order valence-corrected chi connectivity index (χ2v) is 34.6. The van der Waals surface area contributed by atoms with Crippen molar-refractivity contribution in [3.8, 4) is 45.6 Å². The van der Waals surface area contributed by atoms with E-state index in [1.165, 1.54) is 79.7 Å². The van der Waals surface area contributed by atoms with Crippen LogP contribution >= 0.6 is 0 Å². The topological polar surface area (TPSA) is 475 Å². The zero-order valence-electron chi connectivity index (χ0n) is 43.5. The number of hydrogen-bond donors (Lipinski definition) is 7. The van der Waals surface area contributed by atoms with Gasteiger partial charge < -0.3 is 15.1 Å². The Morgan fingerprint density at radius 1 is 0.381 bits per heavy atom. The Kier molecular flexibility index (Phi) is 16.9. The summed E-state index contributed by atoms with van der Waals surface area (Å²) in [4.78, 5) is 33.3. The highest BCUT2D eigenvalue weighted by Gasteiger charge is 2.29. The van der Waals surface area contributed by atoms with Crippen LogP contribution in [0.3, 0.4) is 0 Å². The number of nitrogens with zero attached hydrogens (tertiary/aromatic N) is 6. The summed E-state index contributed by atoms with van der Waals surface area (Å²) < 4.78 is 235. The number of sulfone groups is 4. The van der Waals surface area contributed by atoms with Gasteiger partial charge in [-0.15, -0.1) is 0 Å². The zero-order valence-corrected chi connectivity index (χ0v) is 50.0. The van der Waals surface area contributed by atoms with Crippen LogP contribution in [0.5, 0.6) is 0 Å². The molecule has 4 aromatic carbocycles. The predicted octanol–water partition coefficient (Wildman–Crippen LogP) is 2.49. The van der Waals surface area contributed by atoms with Crippen molar-refractivity contribution < 1.29 is 86.1 Å². The first-order valence-corrected chi connectivity index (χ1v) is 37.9. The molecule has 37 heteroatoms. The number of rotatable bonds is 23. The number of hydrogen-bond acceptors (Lipinski definition) is 23. The van der Waals surface area contributed by atoms with Crippen LogP contribution in [-0.4, -0.2) is 185 Å². The van der Waals surface area contributed by atoms with Gasteiger partial charge in [0.15, 0.2) is 62.6 Å². The van der Waals surface area contributed by atoms with Gasteiger partial charge in [0.05, 0.1) is 71.7 Å². The van der Waals surface area contributed by atoms with Gasteiger partial charge in [0.25, 0.3) is 30.4 Å². The number of nitrogens with one attached hydrogen (secondary N) is 3. The average Bonchev–Trinajstić information content (AvgIpc) is 1.77. The summed E-state index contributed by atoms with van der Waals surface area (Å²) in [7, 11) is -34.8. The van der Waals surface area contributed by atoms with Crippen LogP contribution in [0.25, 0.3) is 89.7 Å². The lowest BCUT2D eigenvalue weighted by Crippen LogP contribution is -2.33. The van der Waals surface area contributed by atoms with Gasteiger partial charge in [0.1, 0.15) is 22.6 Å². The summed E-state index contributed by atoms with van der Waals surface area (Å²) in [6.45, 7) is 1.05. The third-order valence-corrected chi connectivity index (χ3v) is 24.1. The van der Waals surface area contributed by atoms with Crippen molar-refractivity contribution >= 4 is 124 Å². The Hall–Kier alpha value is -6.36. The lowest BCUT2D eigenvalue weighted by molar-refractivity contribution is 0.198. The highest BCUT2D eigenvalue weighted by Crippen LogP contribution is 2.40. The van der Waals surface area contributed by atoms with Gasteiger partial charge in [-0.25, -0.2) is 76.7 Å². The van der Waals surface area contributed by atoms with Gasteiger partial charge >= 0.3 is 0 Å². The van der Waals surface area contributed by atoms with Gasteiger partial charge in [-0.1, -0.05) is 0 Å². The normalized spacial score (nSPS) is 14.0. The summed E-state index contributed by atoms with van der Waals surface area (Å²) in [5.74, 6) is -6.88. The smallest absolute Gasteiger partial charge is 0.264 e. The van der Waals surface area contributed by atoms with Gasteiger partial charge in [-0.3, -0.25) is 13.7 Å². The average molecular weight is 1320 g/mol. The first-order chi connectivity index (χ1) is 39.0. The molecule has 29 nitrogen and oxygen atoms in total. The number of aromatic amines is 2. The van der Waals surface area contributed by atoms with Gasteiger partial charge in [-0.2, -0.15) is 25.3 Å². The fourth-order valence-electron chi connectivity index (χ4n) is 9.01. The summed E-state index contributed by atoms with van der Waals surface area (Å²) in [5, 5.41) is 9.96. The van der Waals surface area contributed by atoms with Crippen molar-refractivity contribution in [3.05, 3.63) is 72.8 Å². The maximum atomic E-state index is 14.0. The number of aromatic nitrogens is 8. The maximum absolute atomic E-state index is 14.0. The molecule has 84 heavy (non-hydrogen) atoms. The van der Waals surface area contributed by atoms with E-state index in [0.717, 1.165) is 0 Å². The lowest BCUT2D eigenvalue weighted by Gasteiger charge is -2.09. The number of H-pyrrole nitrogens is 2. The number of aliphatic hydroxyl groups excluding tert-OH is 1. The van der Waals surface area contributed by atoms with Crippen molar-refractivity contribution in [1.82, 2.24) is 44.6 Å². The van der Waals surface area contributed by atoms with Crippen LogP contribution in [0.2, 0.25) is 0 Å². The molecule has 0 spiro atoms. The maximum Gasteiger partial charge on any atom is 0.264 e. The molecule has 0 aliphatic carbocycles. The van der Waals surface area contributed by atoms with E-state index >= 15 is 0 Å². The summed E-state index contributed by atoms with van der Waals surface area (Å²) >= 11 is 0. The molecule has 0 amide bonds. The molecule has 1 unspecified atom stereocenters. The van der Waals surface area contributed by atoms with Crippen LogP contribution in [-0.2, 0) is 79.7 Å².